The number of rotatable bonds is 3. The van der Waals surface area contributed by atoms with Crippen LogP contribution in [-0.4, -0.2) is 49.5 Å². The van der Waals surface area contributed by atoms with Crippen molar-refractivity contribution < 1.29 is 72.9 Å². The average molecular weight is 644 g/mol. The first kappa shape index (κ1) is 33.5. The molecule has 8 heteroatoms. The molecule has 2 saturated heterocycles. The summed E-state index contributed by atoms with van der Waals surface area (Å²) in [7, 11) is 6.00. The van der Waals surface area contributed by atoms with Gasteiger partial charge in [-0.05, 0) is 24.9 Å². The third-order valence-electron chi connectivity index (χ3n) is 4.92. The molecule has 0 amide bonds. The maximum atomic E-state index is 10.6. The Morgan fingerprint density at radius 1 is 1.15 bits per heavy atom. The van der Waals surface area contributed by atoms with Crippen molar-refractivity contribution >= 4 is 16.3 Å². The second-order valence-corrected chi connectivity index (χ2v) is 8.20. The van der Waals surface area contributed by atoms with E-state index in [0.717, 1.165) is 0 Å². The third kappa shape index (κ3) is 11.1. The number of hydrogen-bond acceptors (Lipinski definition) is 4. The number of aliphatic hydroxyl groups is 1. The minimum absolute atomic E-state index is 0. The Morgan fingerprint density at radius 3 is 1.89 bits per heavy atom. The van der Waals surface area contributed by atoms with E-state index in [9.17, 15) is 9.67 Å². The smallest absolute Gasteiger partial charge is 0.155 e. The van der Waals surface area contributed by atoms with Gasteiger partial charge < -0.3 is 21.5 Å². The summed E-state index contributed by atoms with van der Waals surface area (Å²) >= 11 is 0. The fourth-order valence-corrected chi connectivity index (χ4v) is 3.77. The second kappa shape index (κ2) is 17.5. The molecule has 2 aliphatic rings. The van der Waals surface area contributed by atoms with Gasteiger partial charge in [0.1, 0.15) is 7.85 Å². The van der Waals surface area contributed by atoms with Crippen LogP contribution in [0.4, 0.5) is 0 Å². The molecule has 3 radical (unpaired) electrons. The first-order valence-corrected chi connectivity index (χ1v) is 10.5. The molecule has 2 unspecified atom stereocenters. The van der Waals surface area contributed by atoms with Gasteiger partial charge in [-0.2, -0.15) is 0 Å². The van der Waals surface area contributed by atoms with Crippen molar-refractivity contribution in [1.82, 2.24) is 0 Å². The van der Waals surface area contributed by atoms with Gasteiger partial charge >= 0.3 is 0 Å². The van der Waals surface area contributed by atoms with Crippen LogP contribution in [0.2, 0.25) is 0 Å². The van der Waals surface area contributed by atoms with E-state index in [-0.39, 0.29) is 98.6 Å². The second-order valence-electron chi connectivity index (χ2n) is 7.58. The molecule has 2 fully saturated rings. The molecule has 1 N–H and O–H groups in total. The van der Waals surface area contributed by atoms with Crippen LogP contribution in [0.5, 0.6) is 0 Å². The van der Waals surface area contributed by atoms with E-state index in [4.69, 9.17) is 17.3 Å². The summed E-state index contributed by atoms with van der Waals surface area (Å²) in [5.41, 5.74) is 0. The molecule has 27 heavy (non-hydrogen) atoms. The van der Waals surface area contributed by atoms with Crippen LogP contribution < -0.4 is 0 Å². The Labute approximate surface area is 209 Å². The Hall–Kier alpha value is 1.84. The molecule has 2 rings (SSSR count). The summed E-state index contributed by atoms with van der Waals surface area (Å²) in [6.45, 7) is 18.1. The van der Waals surface area contributed by atoms with Crippen LogP contribution in [0, 0.1) is 30.6 Å². The first-order chi connectivity index (χ1) is 11.6. The zero-order chi connectivity index (χ0) is 19.7. The Balaban J connectivity index is -0.000000363. The van der Waals surface area contributed by atoms with E-state index in [1.54, 1.807) is 0 Å². The summed E-state index contributed by atoms with van der Waals surface area (Å²) in [6, 6.07) is -0.181. The molecule has 2 heterocycles. The van der Waals surface area contributed by atoms with Crippen molar-refractivity contribution in [2.24, 2.45) is 23.7 Å². The van der Waals surface area contributed by atoms with E-state index in [1.807, 2.05) is 13.8 Å². The summed E-state index contributed by atoms with van der Waals surface area (Å²) in [5.74, 6) is 1.33. The summed E-state index contributed by atoms with van der Waals surface area (Å²) in [5, 5.41) is 9.25. The fraction of sp³-hybridized carbons (Fsp3) is 0.947. The number of hydrogen-bond donors (Lipinski definition) is 1. The molecule has 0 aromatic rings. The van der Waals surface area contributed by atoms with Crippen molar-refractivity contribution in [2.45, 2.75) is 85.3 Å². The molecule has 0 bridgehead atoms. The molecular weight excluding hydrogens is 607 g/mol. The Kier molecular flexibility index (Phi) is 21.7. The summed E-state index contributed by atoms with van der Waals surface area (Å²) in [4.78, 5) is 0. The van der Waals surface area contributed by atoms with Gasteiger partial charge in [0.05, 0.1) is 18.3 Å². The topological polar surface area (TPSA) is 55.8 Å². The molecule has 4 nitrogen and oxygen atoms in total. The monoisotopic (exact) mass is 644 g/mol. The van der Waals surface area contributed by atoms with E-state index in [2.05, 4.69) is 41.5 Å². The normalized spacial score (nSPS) is 37.4. The van der Waals surface area contributed by atoms with Gasteiger partial charge in [0, 0.05) is 77.8 Å². The predicted molar refractivity (Wildman–Crippen MR) is 105 cm³/mol. The van der Waals surface area contributed by atoms with Crippen molar-refractivity contribution in [3.63, 3.8) is 0 Å². The van der Waals surface area contributed by atoms with Gasteiger partial charge in [-0.3, -0.25) is 4.57 Å². The molecule has 8 atom stereocenters. The predicted octanol–water partition coefficient (Wildman–Crippen LogP) is 4.10. The Morgan fingerprint density at radius 2 is 1.63 bits per heavy atom. The van der Waals surface area contributed by atoms with E-state index >= 15 is 0 Å². The van der Waals surface area contributed by atoms with Crippen molar-refractivity contribution in [1.29, 1.82) is 0 Å². The molecule has 0 aliphatic carbocycles. The molecule has 0 saturated carbocycles. The van der Waals surface area contributed by atoms with Crippen molar-refractivity contribution in [2.75, 3.05) is 6.16 Å². The number of ether oxygens (including phenoxy) is 2. The molecule has 155 valence electrons. The quantitative estimate of drug-likeness (QED) is 0.286. The van der Waals surface area contributed by atoms with Crippen LogP contribution in [0.15, 0.2) is 0 Å². The standard InChI is InChI=1S/C9H16BO2P.C7H13O2.C3H8.W.Y/c1-5(2)8-7(4-13-11)6(3)9(10)12-8;1-4-5(2)9-6(3)7(4)8;1-3-2;;/h5-9H,4H2,1-3H3;4-8H,3H2,1-2H3;3H2,1-2H3;;/q;-1;;;/t6?,7-,8-,9-;4?,5-,6+,7+;;;/m10.../s1. The minimum Gasteiger partial charge on any atom is -0.404 e. The van der Waals surface area contributed by atoms with Gasteiger partial charge in [-0.1, -0.05) is 48.0 Å². The van der Waals surface area contributed by atoms with Gasteiger partial charge in [0.15, 0.2) is 8.46 Å². The van der Waals surface area contributed by atoms with Crippen molar-refractivity contribution in [3.8, 4) is 0 Å². The summed E-state index contributed by atoms with van der Waals surface area (Å²) < 4.78 is 21.4. The van der Waals surface area contributed by atoms with Crippen LogP contribution in [0.1, 0.15) is 54.9 Å². The van der Waals surface area contributed by atoms with Crippen LogP contribution in [-0.2, 0) is 67.8 Å². The number of aliphatic hydroxyl groups excluding tert-OH is 1. The van der Waals surface area contributed by atoms with Crippen molar-refractivity contribution in [3.05, 3.63) is 6.92 Å². The fourth-order valence-electron chi connectivity index (χ4n) is 3.05. The molecule has 0 spiro atoms. The SMILES string of the molecule is CCC.[B][C@@H]1O[C@H](C(C)C)[C@H](CP=O)C1C.[CH2-][C@H]1O[C@@H](C)C(C)[C@H]1O.[W].[Y]. The first-order valence-electron chi connectivity index (χ1n) is 9.48. The van der Waals surface area contributed by atoms with E-state index in [1.165, 1.54) is 6.42 Å². The van der Waals surface area contributed by atoms with Gasteiger partial charge in [0.25, 0.3) is 0 Å². The maximum Gasteiger partial charge on any atom is 0.155 e. The summed E-state index contributed by atoms with van der Waals surface area (Å²) in [6.07, 6.45) is 1.64. The van der Waals surface area contributed by atoms with Crippen LogP contribution in [0.3, 0.4) is 0 Å². The minimum atomic E-state index is -0.375. The molecular formula is C19H37BO4PWY-. The largest absolute Gasteiger partial charge is 0.404 e. The van der Waals surface area contributed by atoms with Gasteiger partial charge in [-0.25, -0.2) is 0 Å². The van der Waals surface area contributed by atoms with E-state index in [0.29, 0.717) is 23.9 Å². The van der Waals surface area contributed by atoms with Gasteiger partial charge in [0.2, 0.25) is 0 Å². The van der Waals surface area contributed by atoms with E-state index < -0.39 is 0 Å². The van der Waals surface area contributed by atoms with Gasteiger partial charge in [-0.15, -0.1) is 0 Å². The third-order valence-corrected chi connectivity index (χ3v) is 5.49. The van der Waals surface area contributed by atoms with Crippen LogP contribution >= 0.6 is 8.46 Å². The average Bonchev–Trinajstić information content (AvgIpc) is 2.94. The Bertz CT molecular complexity index is 370. The van der Waals surface area contributed by atoms with Crippen LogP contribution in [0.25, 0.3) is 0 Å². The molecule has 0 aromatic heterocycles. The molecule has 0 aromatic carbocycles. The zero-order valence-corrected chi connectivity index (χ0v) is 24.7. The zero-order valence-electron chi connectivity index (χ0n) is 18.0. The maximum absolute atomic E-state index is 10.6. The molecule has 2 aliphatic heterocycles.